The first-order chi connectivity index (χ1) is 11.5. The maximum Gasteiger partial charge on any atom is 0.242 e. The molecule has 5 nitrogen and oxygen atoms in total. The molecule has 0 spiro atoms. The molecule has 1 atom stereocenters. The van der Waals surface area contributed by atoms with Gasteiger partial charge in [0.25, 0.3) is 0 Å². The minimum atomic E-state index is -0.560. The number of benzene rings is 2. The van der Waals surface area contributed by atoms with Gasteiger partial charge in [-0.1, -0.05) is 30.3 Å². The SMILES string of the molecule is COc1cc(OC)c(NC(C)C(=O)NCc2ccccc2)cc1F. The molecule has 6 heteroatoms. The number of nitrogens with one attached hydrogen (secondary N) is 2. The highest BCUT2D eigenvalue weighted by Crippen LogP contribution is 2.32. The van der Waals surface area contributed by atoms with E-state index in [1.165, 1.54) is 26.4 Å². The van der Waals surface area contributed by atoms with E-state index in [0.717, 1.165) is 5.56 Å². The maximum atomic E-state index is 13.9. The van der Waals surface area contributed by atoms with Crippen molar-refractivity contribution in [2.24, 2.45) is 0 Å². The summed E-state index contributed by atoms with van der Waals surface area (Å²) in [6, 6.07) is 11.7. The van der Waals surface area contributed by atoms with E-state index in [9.17, 15) is 9.18 Å². The summed E-state index contributed by atoms with van der Waals surface area (Å²) in [5, 5.41) is 5.79. The van der Waals surface area contributed by atoms with E-state index in [4.69, 9.17) is 9.47 Å². The van der Waals surface area contributed by atoms with E-state index in [-0.39, 0.29) is 11.7 Å². The maximum absolute atomic E-state index is 13.9. The van der Waals surface area contributed by atoms with Crippen LogP contribution >= 0.6 is 0 Å². The zero-order valence-electron chi connectivity index (χ0n) is 13.9. The van der Waals surface area contributed by atoms with Gasteiger partial charge in [-0.25, -0.2) is 4.39 Å². The normalized spacial score (nSPS) is 11.5. The van der Waals surface area contributed by atoms with Crippen LogP contribution in [0.4, 0.5) is 10.1 Å². The summed E-state index contributed by atoms with van der Waals surface area (Å²) in [7, 11) is 2.85. The Labute approximate surface area is 140 Å². The Morgan fingerprint density at radius 3 is 2.42 bits per heavy atom. The van der Waals surface area contributed by atoms with E-state index in [0.29, 0.717) is 18.0 Å². The smallest absolute Gasteiger partial charge is 0.242 e. The number of halogens is 1. The molecule has 128 valence electrons. The van der Waals surface area contributed by atoms with Gasteiger partial charge in [0, 0.05) is 18.7 Å². The molecule has 0 aliphatic heterocycles. The number of hydrogen-bond donors (Lipinski definition) is 2. The largest absolute Gasteiger partial charge is 0.494 e. The third kappa shape index (κ3) is 4.38. The summed E-state index contributed by atoms with van der Waals surface area (Å²) in [6.45, 7) is 2.13. The fourth-order valence-electron chi connectivity index (χ4n) is 2.21. The second-order valence-electron chi connectivity index (χ2n) is 5.26. The van der Waals surface area contributed by atoms with Gasteiger partial charge in [0.05, 0.1) is 19.9 Å². The lowest BCUT2D eigenvalue weighted by molar-refractivity contribution is -0.121. The summed E-state index contributed by atoms with van der Waals surface area (Å²) in [5.41, 5.74) is 1.39. The van der Waals surface area contributed by atoms with Gasteiger partial charge in [-0.3, -0.25) is 4.79 Å². The molecule has 2 rings (SSSR count). The van der Waals surface area contributed by atoms with Crippen molar-refractivity contribution < 1.29 is 18.7 Å². The van der Waals surface area contributed by atoms with Crippen molar-refractivity contribution >= 4 is 11.6 Å². The number of methoxy groups -OCH3 is 2. The molecule has 24 heavy (non-hydrogen) atoms. The highest BCUT2D eigenvalue weighted by molar-refractivity contribution is 5.84. The average Bonchev–Trinajstić information content (AvgIpc) is 2.60. The van der Waals surface area contributed by atoms with Crippen molar-refractivity contribution in [3.8, 4) is 11.5 Å². The standard InChI is InChI=1S/C18H21FN2O3/c1-12(18(22)20-11-13-7-5-4-6-8-13)21-15-9-14(19)16(23-2)10-17(15)24-3/h4-10,12,21H,11H2,1-3H3,(H,20,22). The molecule has 0 aromatic heterocycles. The lowest BCUT2D eigenvalue weighted by Crippen LogP contribution is -2.37. The molecule has 0 saturated heterocycles. The van der Waals surface area contributed by atoms with Crippen molar-refractivity contribution in [1.82, 2.24) is 5.32 Å². The Kier molecular flexibility index (Phi) is 6.01. The van der Waals surface area contributed by atoms with Gasteiger partial charge in [-0.15, -0.1) is 0 Å². The summed E-state index contributed by atoms with van der Waals surface area (Å²) >= 11 is 0. The summed E-state index contributed by atoms with van der Waals surface area (Å²) in [4.78, 5) is 12.2. The fraction of sp³-hybridized carbons (Fsp3) is 0.278. The van der Waals surface area contributed by atoms with Crippen molar-refractivity contribution in [1.29, 1.82) is 0 Å². The number of amides is 1. The van der Waals surface area contributed by atoms with E-state index < -0.39 is 11.9 Å². The van der Waals surface area contributed by atoms with Crippen molar-refractivity contribution in [2.45, 2.75) is 19.5 Å². The Balaban J connectivity index is 2.01. The van der Waals surface area contributed by atoms with Gasteiger partial charge in [-0.05, 0) is 12.5 Å². The highest BCUT2D eigenvalue weighted by atomic mass is 19.1. The lowest BCUT2D eigenvalue weighted by Gasteiger charge is -2.18. The molecule has 1 unspecified atom stereocenters. The van der Waals surface area contributed by atoms with Gasteiger partial charge < -0.3 is 20.1 Å². The fourth-order valence-corrected chi connectivity index (χ4v) is 2.21. The molecular formula is C18H21FN2O3. The molecule has 2 aromatic carbocycles. The van der Waals surface area contributed by atoms with Gasteiger partial charge >= 0.3 is 0 Å². The van der Waals surface area contributed by atoms with Gasteiger partial charge in [0.15, 0.2) is 11.6 Å². The van der Waals surface area contributed by atoms with Crippen LogP contribution in [0.5, 0.6) is 11.5 Å². The molecule has 0 radical (unpaired) electrons. The predicted molar refractivity (Wildman–Crippen MR) is 90.9 cm³/mol. The minimum absolute atomic E-state index is 0.0820. The van der Waals surface area contributed by atoms with Crippen LogP contribution in [0.1, 0.15) is 12.5 Å². The molecule has 0 bridgehead atoms. The van der Waals surface area contributed by atoms with Crippen LogP contribution in [0.15, 0.2) is 42.5 Å². The van der Waals surface area contributed by atoms with Crippen LogP contribution in [0, 0.1) is 5.82 Å². The average molecular weight is 332 g/mol. The third-order valence-electron chi connectivity index (χ3n) is 3.55. The Morgan fingerprint density at radius 1 is 1.12 bits per heavy atom. The first-order valence-electron chi connectivity index (χ1n) is 7.55. The van der Waals surface area contributed by atoms with Gasteiger partial charge in [0.2, 0.25) is 5.91 Å². The van der Waals surface area contributed by atoms with Crippen molar-refractivity contribution in [2.75, 3.05) is 19.5 Å². The highest BCUT2D eigenvalue weighted by Gasteiger charge is 2.17. The van der Waals surface area contributed by atoms with Crippen LogP contribution in [-0.2, 0) is 11.3 Å². The Bertz CT molecular complexity index is 692. The molecule has 1 amide bonds. The van der Waals surface area contributed by atoms with Crippen LogP contribution in [0.25, 0.3) is 0 Å². The van der Waals surface area contributed by atoms with Crippen LogP contribution in [0.2, 0.25) is 0 Å². The molecule has 0 fully saturated rings. The molecular weight excluding hydrogens is 311 g/mol. The predicted octanol–water partition coefficient (Wildman–Crippen LogP) is 2.96. The molecule has 0 saturated carbocycles. The lowest BCUT2D eigenvalue weighted by atomic mass is 10.2. The van der Waals surface area contributed by atoms with Crippen molar-refractivity contribution in [3.63, 3.8) is 0 Å². The van der Waals surface area contributed by atoms with Gasteiger partial charge in [-0.2, -0.15) is 0 Å². The summed E-state index contributed by atoms with van der Waals surface area (Å²) < 4.78 is 24.0. The zero-order chi connectivity index (χ0) is 17.5. The minimum Gasteiger partial charge on any atom is -0.494 e. The van der Waals surface area contributed by atoms with E-state index >= 15 is 0 Å². The molecule has 2 N–H and O–H groups in total. The topological polar surface area (TPSA) is 59.6 Å². The number of hydrogen-bond acceptors (Lipinski definition) is 4. The number of carbonyl (C=O) groups is 1. The summed E-state index contributed by atoms with van der Waals surface area (Å²) in [6.07, 6.45) is 0. The number of ether oxygens (including phenoxy) is 2. The first-order valence-corrected chi connectivity index (χ1v) is 7.55. The van der Waals surface area contributed by atoms with Crippen LogP contribution < -0.4 is 20.1 Å². The van der Waals surface area contributed by atoms with Crippen molar-refractivity contribution in [3.05, 3.63) is 53.8 Å². The second kappa shape index (κ2) is 8.19. The van der Waals surface area contributed by atoms with Crippen LogP contribution in [0.3, 0.4) is 0 Å². The molecule has 0 aliphatic carbocycles. The van der Waals surface area contributed by atoms with E-state index in [1.807, 2.05) is 30.3 Å². The van der Waals surface area contributed by atoms with E-state index in [1.54, 1.807) is 6.92 Å². The van der Waals surface area contributed by atoms with Crippen LogP contribution in [-0.4, -0.2) is 26.2 Å². The molecule has 2 aromatic rings. The second-order valence-corrected chi connectivity index (χ2v) is 5.26. The van der Waals surface area contributed by atoms with Gasteiger partial charge in [0.1, 0.15) is 11.8 Å². The quantitative estimate of drug-likeness (QED) is 0.818. The molecule has 0 heterocycles. The molecule has 0 aliphatic rings. The van der Waals surface area contributed by atoms with E-state index in [2.05, 4.69) is 10.6 Å². The third-order valence-corrected chi connectivity index (χ3v) is 3.55. The number of carbonyl (C=O) groups excluding carboxylic acids is 1. The Morgan fingerprint density at radius 2 is 1.79 bits per heavy atom. The summed E-state index contributed by atoms with van der Waals surface area (Å²) in [5.74, 6) is -0.246. The monoisotopic (exact) mass is 332 g/mol. The number of rotatable bonds is 7. The Hall–Kier alpha value is -2.76. The first kappa shape index (κ1) is 17.6. The number of anilines is 1. The zero-order valence-corrected chi connectivity index (χ0v) is 13.9.